The van der Waals surface area contributed by atoms with Crippen molar-refractivity contribution in [3.05, 3.63) is 33.9 Å². The van der Waals surface area contributed by atoms with E-state index in [1.165, 1.54) is 19.2 Å². The molecule has 1 fully saturated rings. The van der Waals surface area contributed by atoms with Gasteiger partial charge in [0.05, 0.1) is 18.6 Å². The summed E-state index contributed by atoms with van der Waals surface area (Å²) in [6.07, 6.45) is 0.728. The Morgan fingerprint density at radius 1 is 1.24 bits per heavy atom. The Morgan fingerprint density at radius 2 is 1.93 bits per heavy atom. The highest BCUT2D eigenvalue weighted by Gasteiger charge is 2.25. The van der Waals surface area contributed by atoms with Gasteiger partial charge < -0.3 is 24.4 Å². The second-order valence-corrected chi connectivity index (χ2v) is 6.25. The molecule has 1 aliphatic heterocycles. The number of nitrogens with zero attached hydrogens (tertiary/aromatic N) is 2. The minimum atomic E-state index is -0.905. The zero-order valence-electron chi connectivity index (χ0n) is 16.2. The van der Waals surface area contributed by atoms with Crippen molar-refractivity contribution in [1.29, 1.82) is 0 Å². The fourth-order valence-electron chi connectivity index (χ4n) is 2.87. The molecule has 1 aliphatic rings. The summed E-state index contributed by atoms with van der Waals surface area (Å²) in [6, 6.07) is 3.36. The molecule has 0 spiro atoms. The number of piperidine rings is 1. The molecule has 158 valence electrons. The Bertz CT molecular complexity index is 774. The lowest BCUT2D eigenvalue weighted by atomic mass is 10.1. The maximum absolute atomic E-state index is 12.2. The van der Waals surface area contributed by atoms with Crippen LogP contribution in [0, 0.1) is 10.1 Å². The summed E-state index contributed by atoms with van der Waals surface area (Å²) in [4.78, 5) is 47.7. The lowest BCUT2D eigenvalue weighted by molar-refractivity contribution is -0.384. The fraction of sp³-hybridized carbons (Fsp3) is 0.500. The van der Waals surface area contributed by atoms with Crippen LogP contribution in [-0.4, -0.2) is 67.2 Å². The number of ether oxygens (including phenoxy) is 3. The SMILES string of the molecule is CCOC(=O)N1CCC(NC(=O)COC(=O)c2cc([N+](=O)[O-])ccc2OC)CC1. The molecule has 1 heterocycles. The fourth-order valence-corrected chi connectivity index (χ4v) is 2.87. The molecule has 11 nitrogen and oxygen atoms in total. The molecule has 11 heteroatoms. The van der Waals surface area contributed by atoms with Gasteiger partial charge in [0.2, 0.25) is 0 Å². The van der Waals surface area contributed by atoms with E-state index in [0.29, 0.717) is 32.5 Å². The Labute approximate surface area is 167 Å². The number of hydrogen-bond donors (Lipinski definition) is 1. The van der Waals surface area contributed by atoms with Gasteiger partial charge in [-0.15, -0.1) is 0 Å². The summed E-state index contributed by atoms with van der Waals surface area (Å²) in [7, 11) is 1.31. The van der Waals surface area contributed by atoms with Crippen LogP contribution >= 0.6 is 0 Å². The first-order valence-electron chi connectivity index (χ1n) is 9.06. The highest BCUT2D eigenvalue weighted by molar-refractivity contribution is 5.94. The van der Waals surface area contributed by atoms with Crippen LogP contribution in [0.2, 0.25) is 0 Å². The number of carbonyl (C=O) groups excluding carboxylic acids is 3. The van der Waals surface area contributed by atoms with Gasteiger partial charge in [-0.3, -0.25) is 14.9 Å². The molecule has 1 saturated heterocycles. The van der Waals surface area contributed by atoms with Crippen LogP contribution in [0.5, 0.6) is 5.75 Å². The van der Waals surface area contributed by atoms with Crippen LogP contribution in [0.15, 0.2) is 18.2 Å². The van der Waals surface area contributed by atoms with Crippen molar-refractivity contribution in [1.82, 2.24) is 10.2 Å². The first-order valence-corrected chi connectivity index (χ1v) is 9.06. The van der Waals surface area contributed by atoms with E-state index in [0.717, 1.165) is 6.07 Å². The molecule has 2 amide bonds. The molecular formula is C18H23N3O8. The zero-order valence-corrected chi connectivity index (χ0v) is 16.2. The number of rotatable bonds is 7. The average Bonchev–Trinajstić information content (AvgIpc) is 2.72. The first-order chi connectivity index (χ1) is 13.8. The van der Waals surface area contributed by atoms with Gasteiger partial charge in [-0.25, -0.2) is 9.59 Å². The largest absolute Gasteiger partial charge is 0.496 e. The Balaban J connectivity index is 1.84. The summed E-state index contributed by atoms with van der Waals surface area (Å²) in [6.45, 7) is 2.40. The maximum atomic E-state index is 12.2. The standard InChI is InChI=1S/C18H23N3O8/c1-3-28-18(24)20-8-6-12(7-9-20)19-16(22)11-29-17(23)14-10-13(21(25)26)4-5-15(14)27-2/h4-5,10,12H,3,6-9,11H2,1-2H3,(H,19,22). The Kier molecular flexibility index (Phi) is 7.75. The molecule has 0 bridgehead atoms. The van der Waals surface area contributed by atoms with E-state index in [9.17, 15) is 24.5 Å². The van der Waals surface area contributed by atoms with Crippen molar-refractivity contribution in [3.63, 3.8) is 0 Å². The molecular weight excluding hydrogens is 386 g/mol. The number of methoxy groups -OCH3 is 1. The van der Waals surface area contributed by atoms with Gasteiger partial charge in [0, 0.05) is 31.3 Å². The van der Waals surface area contributed by atoms with Crippen molar-refractivity contribution in [2.45, 2.75) is 25.8 Å². The highest BCUT2D eigenvalue weighted by atomic mass is 16.6. The molecule has 0 radical (unpaired) electrons. The van der Waals surface area contributed by atoms with Crippen molar-refractivity contribution in [2.24, 2.45) is 0 Å². The topological polar surface area (TPSA) is 137 Å². The number of amides is 2. The van der Waals surface area contributed by atoms with Gasteiger partial charge in [-0.1, -0.05) is 0 Å². The van der Waals surface area contributed by atoms with E-state index < -0.39 is 23.4 Å². The lowest BCUT2D eigenvalue weighted by Crippen LogP contribution is -2.47. The minimum absolute atomic E-state index is 0.104. The van der Waals surface area contributed by atoms with Gasteiger partial charge in [-0.05, 0) is 25.8 Å². The van der Waals surface area contributed by atoms with E-state index in [-0.39, 0.29) is 29.1 Å². The number of nitrogens with one attached hydrogen (secondary N) is 1. The smallest absolute Gasteiger partial charge is 0.409 e. The van der Waals surface area contributed by atoms with Crippen molar-refractivity contribution < 1.29 is 33.5 Å². The normalized spacial score (nSPS) is 14.1. The second kappa shape index (κ2) is 10.2. The first kappa shape index (κ1) is 21.9. The molecule has 29 heavy (non-hydrogen) atoms. The monoisotopic (exact) mass is 409 g/mol. The quantitative estimate of drug-likeness (QED) is 0.406. The number of nitro benzene ring substituents is 1. The van der Waals surface area contributed by atoms with Crippen molar-refractivity contribution >= 4 is 23.7 Å². The average molecular weight is 409 g/mol. The molecule has 2 rings (SSSR count). The number of hydrogen-bond acceptors (Lipinski definition) is 8. The second-order valence-electron chi connectivity index (χ2n) is 6.25. The third-order valence-corrected chi connectivity index (χ3v) is 4.33. The maximum Gasteiger partial charge on any atom is 0.409 e. The highest BCUT2D eigenvalue weighted by Crippen LogP contribution is 2.24. The number of non-ortho nitro benzene ring substituents is 1. The van der Waals surface area contributed by atoms with Crippen LogP contribution in [0.3, 0.4) is 0 Å². The van der Waals surface area contributed by atoms with E-state index in [1.54, 1.807) is 11.8 Å². The van der Waals surface area contributed by atoms with Gasteiger partial charge in [0.15, 0.2) is 6.61 Å². The number of benzene rings is 1. The zero-order chi connectivity index (χ0) is 21.4. The molecule has 0 unspecified atom stereocenters. The van der Waals surface area contributed by atoms with E-state index in [1.807, 2.05) is 0 Å². The van der Waals surface area contributed by atoms with Gasteiger partial charge in [0.25, 0.3) is 11.6 Å². The van der Waals surface area contributed by atoms with Crippen molar-refractivity contribution in [2.75, 3.05) is 33.4 Å². The van der Waals surface area contributed by atoms with Crippen LogP contribution < -0.4 is 10.1 Å². The van der Waals surface area contributed by atoms with E-state index in [4.69, 9.17) is 14.2 Å². The van der Waals surface area contributed by atoms with E-state index >= 15 is 0 Å². The molecule has 0 atom stereocenters. The Hall–Kier alpha value is -3.37. The number of carbonyl (C=O) groups is 3. The summed E-state index contributed by atoms with van der Waals surface area (Å²) >= 11 is 0. The van der Waals surface area contributed by atoms with Gasteiger partial charge >= 0.3 is 12.1 Å². The van der Waals surface area contributed by atoms with Gasteiger partial charge in [-0.2, -0.15) is 0 Å². The van der Waals surface area contributed by atoms with Crippen LogP contribution in [0.25, 0.3) is 0 Å². The van der Waals surface area contributed by atoms with E-state index in [2.05, 4.69) is 5.32 Å². The molecule has 1 aromatic carbocycles. The third kappa shape index (κ3) is 6.06. The van der Waals surface area contributed by atoms with Crippen molar-refractivity contribution in [3.8, 4) is 5.75 Å². The minimum Gasteiger partial charge on any atom is -0.496 e. The van der Waals surface area contributed by atoms with Crippen LogP contribution in [0.4, 0.5) is 10.5 Å². The summed E-state index contributed by atoms with van der Waals surface area (Å²) in [5.74, 6) is -1.30. The van der Waals surface area contributed by atoms with Crippen LogP contribution in [0.1, 0.15) is 30.1 Å². The number of nitro groups is 1. The lowest BCUT2D eigenvalue weighted by Gasteiger charge is -2.31. The summed E-state index contributed by atoms with van der Waals surface area (Å²) < 4.78 is 14.9. The Morgan fingerprint density at radius 3 is 2.52 bits per heavy atom. The predicted octanol–water partition coefficient (Wildman–Crippen LogP) is 1.50. The van der Waals surface area contributed by atoms with Crippen LogP contribution in [-0.2, 0) is 14.3 Å². The summed E-state index contributed by atoms with van der Waals surface area (Å²) in [5, 5.41) is 13.6. The molecule has 0 aromatic heterocycles. The molecule has 1 N–H and O–H groups in total. The predicted molar refractivity (Wildman–Crippen MR) is 99.7 cm³/mol. The molecule has 0 aliphatic carbocycles. The third-order valence-electron chi connectivity index (χ3n) is 4.33. The number of likely N-dealkylation sites (tertiary alicyclic amines) is 1. The summed E-state index contributed by atoms with van der Waals surface area (Å²) in [5.41, 5.74) is -0.437. The molecule has 0 saturated carbocycles. The van der Waals surface area contributed by atoms with Gasteiger partial charge in [0.1, 0.15) is 11.3 Å². The molecule has 1 aromatic rings. The number of esters is 1.